The van der Waals surface area contributed by atoms with Crippen molar-refractivity contribution < 1.29 is 23.9 Å². The van der Waals surface area contributed by atoms with E-state index in [0.717, 1.165) is 11.1 Å². The van der Waals surface area contributed by atoms with Crippen molar-refractivity contribution in [2.75, 3.05) is 33.9 Å². The molecule has 8 nitrogen and oxygen atoms in total. The smallest absolute Gasteiger partial charge is 0.332 e. The Hall–Kier alpha value is -2.71. The number of hydrogen-bond acceptors (Lipinski definition) is 6. The first kappa shape index (κ1) is 34.3. The molecule has 1 unspecified atom stereocenters. The molecule has 220 valence electrons. The SMILES string of the molecule is CCOC(=O)COC/C(C)=C/[C@H](C(C)C)N(C)C(=O)[C@@H](NC(=O)C(NC)C(C)(C)c1ccccc1)C(C)(C)C. The standard InChI is InChI=1S/C31H51N3O5/c1-12-39-25(35)20-38-19-22(4)18-24(21(2)3)34(11)29(37)27(30(5,6)7)33-28(36)26(32-10)31(8,9)23-16-14-13-15-17-23/h13-18,21,24,26-27,32H,12,19-20H2,1-11H3,(H,33,36)/b22-18+/t24-,26?,27-/m1/s1. The van der Waals surface area contributed by atoms with E-state index in [0.29, 0.717) is 6.61 Å². The van der Waals surface area contributed by atoms with Crippen molar-refractivity contribution in [3.05, 3.63) is 47.5 Å². The molecule has 0 aliphatic heterocycles. The second-order valence-electron chi connectivity index (χ2n) is 12.1. The van der Waals surface area contributed by atoms with Crippen LogP contribution in [-0.2, 0) is 29.3 Å². The fourth-order valence-corrected chi connectivity index (χ4v) is 4.67. The van der Waals surface area contributed by atoms with Crippen LogP contribution in [0.25, 0.3) is 0 Å². The number of amides is 2. The van der Waals surface area contributed by atoms with Gasteiger partial charge in [-0.3, -0.25) is 9.59 Å². The van der Waals surface area contributed by atoms with Crippen molar-refractivity contribution in [2.45, 2.75) is 85.9 Å². The van der Waals surface area contributed by atoms with E-state index in [2.05, 4.69) is 10.6 Å². The molecule has 2 N–H and O–H groups in total. The first-order chi connectivity index (χ1) is 18.1. The van der Waals surface area contributed by atoms with Gasteiger partial charge in [-0.2, -0.15) is 0 Å². The summed E-state index contributed by atoms with van der Waals surface area (Å²) in [6, 6.07) is 8.36. The van der Waals surface area contributed by atoms with Crippen LogP contribution in [0.1, 0.15) is 67.9 Å². The number of ether oxygens (including phenoxy) is 2. The summed E-state index contributed by atoms with van der Waals surface area (Å²) in [5.41, 5.74) is 0.885. The molecule has 0 saturated heterocycles. The summed E-state index contributed by atoms with van der Waals surface area (Å²) in [6.45, 7) is 18.1. The fraction of sp³-hybridized carbons (Fsp3) is 0.645. The number of nitrogens with one attached hydrogen (secondary N) is 2. The number of rotatable bonds is 14. The van der Waals surface area contributed by atoms with Crippen molar-refractivity contribution in [3.63, 3.8) is 0 Å². The number of esters is 1. The third-order valence-corrected chi connectivity index (χ3v) is 6.98. The van der Waals surface area contributed by atoms with Crippen LogP contribution in [0.4, 0.5) is 0 Å². The first-order valence-corrected chi connectivity index (χ1v) is 13.8. The molecule has 0 spiro atoms. The minimum atomic E-state index is -0.743. The lowest BCUT2D eigenvalue weighted by atomic mass is 9.76. The predicted molar refractivity (Wildman–Crippen MR) is 156 cm³/mol. The van der Waals surface area contributed by atoms with Crippen LogP contribution in [-0.4, -0.2) is 74.7 Å². The van der Waals surface area contributed by atoms with Gasteiger partial charge in [0.2, 0.25) is 11.8 Å². The zero-order valence-corrected chi connectivity index (χ0v) is 25.9. The Balaban J connectivity index is 3.14. The molecule has 8 heteroatoms. The van der Waals surface area contributed by atoms with E-state index in [1.807, 2.05) is 91.8 Å². The Labute approximate surface area is 235 Å². The molecule has 1 aromatic carbocycles. The Morgan fingerprint density at radius 1 is 1.00 bits per heavy atom. The maximum atomic E-state index is 13.9. The lowest BCUT2D eigenvalue weighted by Crippen LogP contribution is -2.61. The summed E-state index contributed by atoms with van der Waals surface area (Å²) in [7, 11) is 3.53. The number of likely N-dealkylation sites (N-methyl/N-ethyl adjacent to an activating group) is 2. The highest BCUT2D eigenvalue weighted by Crippen LogP contribution is 2.29. The van der Waals surface area contributed by atoms with Crippen LogP contribution in [0, 0.1) is 11.3 Å². The van der Waals surface area contributed by atoms with E-state index in [1.54, 1.807) is 25.9 Å². The van der Waals surface area contributed by atoms with Gasteiger partial charge in [-0.1, -0.05) is 84.9 Å². The summed E-state index contributed by atoms with van der Waals surface area (Å²) >= 11 is 0. The normalized spacial score (nSPS) is 14.9. The van der Waals surface area contributed by atoms with Crippen LogP contribution >= 0.6 is 0 Å². The van der Waals surface area contributed by atoms with Gasteiger partial charge in [0.15, 0.2) is 0 Å². The zero-order valence-electron chi connectivity index (χ0n) is 25.9. The monoisotopic (exact) mass is 545 g/mol. The van der Waals surface area contributed by atoms with Crippen molar-refractivity contribution in [1.82, 2.24) is 15.5 Å². The average molecular weight is 546 g/mol. The molecule has 0 heterocycles. The minimum absolute atomic E-state index is 0.109. The van der Waals surface area contributed by atoms with E-state index in [1.165, 1.54) is 0 Å². The van der Waals surface area contributed by atoms with Crippen LogP contribution in [0.3, 0.4) is 0 Å². The van der Waals surface area contributed by atoms with Gasteiger partial charge in [-0.05, 0) is 43.4 Å². The molecule has 0 bridgehead atoms. The van der Waals surface area contributed by atoms with Gasteiger partial charge in [0.05, 0.1) is 25.3 Å². The van der Waals surface area contributed by atoms with Crippen LogP contribution in [0.5, 0.6) is 0 Å². The third-order valence-electron chi connectivity index (χ3n) is 6.98. The molecule has 2 amide bonds. The summed E-state index contributed by atoms with van der Waals surface area (Å²) < 4.78 is 10.4. The van der Waals surface area contributed by atoms with Gasteiger partial charge in [0.25, 0.3) is 0 Å². The van der Waals surface area contributed by atoms with E-state index >= 15 is 0 Å². The Morgan fingerprint density at radius 2 is 1.59 bits per heavy atom. The quantitative estimate of drug-likeness (QED) is 0.270. The molecule has 0 saturated carbocycles. The summed E-state index contributed by atoms with van der Waals surface area (Å²) in [5.74, 6) is -0.693. The summed E-state index contributed by atoms with van der Waals surface area (Å²) in [5, 5.41) is 6.26. The second-order valence-corrected chi connectivity index (χ2v) is 12.1. The maximum absolute atomic E-state index is 13.9. The minimum Gasteiger partial charge on any atom is -0.464 e. The second kappa shape index (κ2) is 15.2. The fourth-order valence-electron chi connectivity index (χ4n) is 4.67. The van der Waals surface area contributed by atoms with Crippen molar-refractivity contribution in [2.24, 2.45) is 11.3 Å². The molecule has 0 fully saturated rings. The number of carbonyl (C=O) groups is 3. The number of hydrogen-bond donors (Lipinski definition) is 2. The van der Waals surface area contributed by atoms with E-state index in [4.69, 9.17) is 9.47 Å². The molecule has 3 atom stereocenters. The number of benzene rings is 1. The van der Waals surface area contributed by atoms with E-state index < -0.39 is 28.9 Å². The highest BCUT2D eigenvalue weighted by Gasteiger charge is 2.41. The molecule has 1 aromatic rings. The highest BCUT2D eigenvalue weighted by atomic mass is 16.6. The molecule has 39 heavy (non-hydrogen) atoms. The van der Waals surface area contributed by atoms with Crippen LogP contribution in [0.15, 0.2) is 42.0 Å². The van der Waals surface area contributed by atoms with Crippen molar-refractivity contribution >= 4 is 17.8 Å². The molecule has 0 aliphatic carbocycles. The van der Waals surface area contributed by atoms with Crippen LogP contribution in [0.2, 0.25) is 0 Å². The lowest BCUT2D eigenvalue weighted by Gasteiger charge is -2.40. The van der Waals surface area contributed by atoms with Gasteiger partial charge in [0.1, 0.15) is 12.6 Å². The third kappa shape index (κ3) is 10.1. The van der Waals surface area contributed by atoms with Gasteiger partial charge in [-0.25, -0.2) is 4.79 Å². The largest absolute Gasteiger partial charge is 0.464 e. The molecule has 0 radical (unpaired) electrons. The molecular formula is C31H51N3O5. The topological polar surface area (TPSA) is 97.0 Å². The highest BCUT2D eigenvalue weighted by molar-refractivity contribution is 5.91. The average Bonchev–Trinajstić information content (AvgIpc) is 2.85. The Bertz CT molecular complexity index is 966. The molecular weight excluding hydrogens is 494 g/mol. The first-order valence-electron chi connectivity index (χ1n) is 13.8. The number of carbonyl (C=O) groups excluding carboxylic acids is 3. The van der Waals surface area contributed by atoms with E-state index in [9.17, 15) is 14.4 Å². The predicted octanol–water partition coefficient (Wildman–Crippen LogP) is 4.09. The number of nitrogens with zero attached hydrogens (tertiary/aromatic N) is 1. The van der Waals surface area contributed by atoms with Gasteiger partial charge in [-0.15, -0.1) is 0 Å². The van der Waals surface area contributed by atoms with Gasteiger partial charge in [0, 0.05) is 12.5 Å². The van der Waals surface area contributed by atoms with Crippen molar-refractivity contribution in [1.29, 1.82) is 0 Å². The zero-order chi connectivity index (χ0) is 30.0. The summed E-state index contributed by atoms with van der Waals surface area (Å²) in [4.78, 5) is 40.9. The summed E-state index contributed by atoms with van der Waals surface area (Å²) in [6.07, 6.45) is 1.99. The van der Waals surface area contributed by atoms with E-state index in [-0.39, 0.29) is 37.0 Å². The lowest BCUT2D eigenvalue weighted by molar-refractivity contribution is -0.148. The van der Waals surface area contributed by atoms with Gasteiger partial charge >= 0.3 is 5.97 Å². The van der Waals surface area contributed by atoms with Gasteiger partial charge < -0.3 is 25.0 Å². The van der Waals surface area contributed by atoms with Crippen molar-refractivity contribution in [3.8, 4) is 0 Å². The molecule has 0 aliphatic rings. The molecule has 0 aromatic heterocycles. The van der Waals surface area contributed by atoms with Crippen LogP contribution < -0.4 is 10.6 Å². The molecule has 1 rings (SSSR count). The Kier molecular flexibility index (Phi) is 13.4. The maximum Gasteiger partial charge on any atom is 0.332 e. The Morgan fingerprint density at radius 3 is 2.08 bits per heavy atom.